The average Bonchev–Trinajstić information content (AvgIpc) is 3.62. The van der Waals surface area contributed by atoms with Gasteiger partial charge in [-0.25, -0.2) is 22.9 Å². The van der Waals surface area contributed by atoms with Gasteiger partial charge < -0.3 is 9.64 Å². The number of carbonyl (C=O) groups is 3. The number of hydrogen-bond acceptors (Lipinski definition) is 8. The number of amides is 3. The molecule has 5 rings (SSSR count). The first-order valence-corrected chi connectivity index (χ1v) is 14.8. The highest BCUT2D eigenvalue weighted by molar-refractivity contribution is 7.89. The van der Waals surface area contributed by atoms with Crippen molar-refractivity contribution in [2.24, 2.45) is 0 Å². The molecule has 2 aliphatic rings. The number of hydrogen-bond donors (Lipinski definition) is 0. The molecule has 1 spiro atoms. The number of ether oxygens (including phenoxy) is 1. The van der Waals surface area contributed by atoms with E-state index < -0.39 is 39.4 Å². The van der Waals surface area contributed by atoms with Crippen LogP contribution >= 0.6 is 34.5 Å². The normalized spacial score (nSPS) is 21.3. The first-order chi connectivity index (χ1) is 18.9. The number of urea groups is 1. The number of thiophene rings is 1. The number of esters is 1. The molecule has 3 heterocycles. The summed E-state index contributed by atoms with van der Waals surface area (Å²) in [5, 5.41) is 11.1. The second kappa shape index (κ2) is 10.2. The first kappa shape index (κ1) is 28.1. The lowest BCUT2D eigenvalue weighted by atomic mass is 9.80. The van der Waals surface area contributed by atoms with Crippen molar-refractivity contribution in [2.45, 2.75) is 16.4 Å². The number of halogens is 2. The van der Waals surface area contributed by atoms with E-state index in [1.165, 1.54) is 41.6 Å². The summed E-state index contributed by atoms with van der Waals surface area (Å²) >= 11 is 13.2. The number of anilines is 1. The van der Waals surface area contributed by atoms with Crippen LogP contribution in [-0.4, -0.2) is 68.3 Å². The van der Waals surface area contributed by atoms with Crippen molar-refractivity contribution in [2.75, 3.05) is 32.1 Å². The summed E-state index contributed by atoms with van der Waals surface area (Å²) in [5.74, 6) is -2.29. The summed E-state index contributed by atoms with van der Waals surface area (Å²) in [5.41, 5.74) is -0.594. The van der Waals surface area contributed by atoms with Gasteiger partial charge in [-0.1, -0.05) is 35.3 Å². The van der Waals surface area contributed by atoms with E-state index >= 15 is 0 Å². The largest absolute Gasteiger partial charge is 0.465 e. The van der Waals surface area contributed by atoms with Gasteiger partial charge in [0.25, 0.3) is 5.91 Å². The van der Waals surface area contributed by atoms with Crippen molar-refractivity contribution in [1.29, 1.82) is 5.26 Å². The third-order valence-electron chi connectivity index (χ3n) is 7.20. The number of nitrogens with zero attached hydrogens (tertiary/aromatic N) is 4. The minimum atomic E-state index is -4.32. The van der Waals surface area contributed by atoms with E-state index in [0.29, 0.717) is 11.1 Å². The Balaban J connectivity index is 1.65. The Morgan fingerprint density at radius 2 is 1.77 bits per heavy atom. The Morgan fingerprint density at radius 3 is 2.38 bits per heavy atom. The highest BCUT2D eigenvalue weighted by atomic mass is 35.5. The van der Waals surface area contributed by atoms with Gasteiger partial charge in [0.2, 0.25) is 10.0 Å². The topological polar surface area (TPSA) is 128 Å². The number of imide groups is 1. The Bertz CT molecular complexity index is 1680. The zero-order chi connectivity index (χ0) is 29.0. The second-order valence-electron chi connectivity index (χ2n) is 9.22. The molecule has 0 aliphatic carbocycles. The smallest absolute Gasteiger partial charge is 0.349 e. The van der Waals surface area contributed by atoms with Crippen molar-refractivity contribution < 1.29 is 27.5 Å². The predicted molar refractivity (Wildman–Crippen MR) is 148 cm³/mol. The lowest BCUT2D eigenvalue weighted by molar-refractivity contribution is -0.124. The number of benzene rings is 2. The molecule has 14 heteroatoms. The van der Waals surface area contributed by atoms with E-state index in [4.69, 9.17) is 27.9 Å². The van der Waals surface area contributed by atoms with Crippen LogP contribution < -0.4 is 4.90 Å². The van der Waals surface area contributed by atoms with Crippen LogP contribution in [0.15, 0.2) is 58.8 Å². The van der Waals surface area contributed by atoms with Crippen molar-refractivity contribution in [1.82, 2.24) is 9.21 Å². The van der Waals surface area contributed by atoms with Gasteiger partial charge in [-0.3, -0.25) is 4.79 Å². The van der Waals surface area contributed by atoms with Gasteiger partial charge in [-0.05, 0) is 47.3 Å². The SMILES string of the molecule is COC(=O)c1sccc1S(=O)(=O)N1CC(c2ccc(C#N)cc2)C2(C1)C(=O)N(c1cc(Cl)cc(Cl)c1)C(=O)N2C. The van der Waals surface area contributed by atoms with Gasteiger partial charge >= 0.3 is 12.0 Å². The van der Waals surface area contributed by atoms with E-state index in [9.17, 15) is 28.1 Å². The van der Waals surface area contributed by atoms with Crippen LogP contribution in [0.5, 0.6) is 0 Å². The molecule has 0 saturated carbocycles. The fourth-order valence-corrected chi connectivity index (χ4v) is 8.54. The number of rotatable bonds is 5. The summed E-state index contributed by atoms with van der Waals surface area (Å²) in [6, 6.07) is 13.3. The van der Waals surface area contributed by atoms with Crippen LogP contribution in [0.2, 0.25) is 10.0 Å². The first-order valence-electron chi connectivity index (χ1n) is 11.7. The van der Waals surface area contributed by atoms with Gasteiger partial charge in [0.05, 0.1) is 24.4 Å². The molecule has 1 aromatic heterocycles. The Kier molecular flexibility index (Phi) is 7.14. The molecule has 2 aromatic carbocycles. The highest BCUT2D eigenvalue weighted by Crippen LogP contribution is 2.48. The van der Waals surface area contributed by atoms with E-state index in [0.717, 1.165) is 27.7 Å². The van der Waals surface area contributed by atoms with Crippen molar-refractivity contribution in [3.05, 3.63) is 80.0 Å². The number of methoxy groups -OCH3 is 1. The van der Waals surface area contributed by atoms with Gasteiger partial charge in [0, 0.05) is 36.1 Å². The van der Waals surface area contributed by atoms with E-state index in [1.807, 2.05) is 6.07 Å². The zero-order valence-electron chi connectivity index (χ0n) is 21.0. The van der Waals surface area contributed by atoms with Crippen LogP contribution in [0.4, 0.5) is 10.5 Å². The number of carbonyl (C=O) groups excluding carboxylic acids is 3. The highest BCUT2D eigenvalue weighted by Gasteiger charge is 2.66. The van der Waals surface area contributed by atoms with Crippen molar-refractivity contribution in [3.63, 3.8) is 0 Å². The molecular weight excluding hydrogens is 599 g/mol. The minimum Gasteiger partial charge on any atom is -0.465 e. The number of likely N-dealkylation sites (N-methyl/N-ethyl adjacent to an activating group) is 1. The molecule has 2 saturated heterocycles. The lowest BCUT2D eigenvalue weighted by Gasteiger charge is -2.33. The zero-order valence-corrected chi connectivity index (χ0v) is 24.1. The molecule has 0 bridgehead atoms. The lowest BCUT2D eigenvalue weighted by Crippen LogP contribution is -2.54. The average molecular weight is 620 g/mol. The second-order valence-corrected chi connectivity index (χ2v) is 12.9. The minimum absolute atomic E-state index is 0.101. The van der Waals surface area contributed by atoms with Crippen LogP contribution in [0.25, 0.3) is 0 Å². The molecule has 10 nitrogen and oxygen atoms in total. The van der Waals surface area contributed by atoms with Gasteiger partial charge in [0.15, 0.2) is 0 Å². The Hall–Kier alpha value is -3.47. The molecule has 40 heavy (non-hydrogen) atoms. The third-order valence-corrected chi connectivity index (χ3v) is 10.5. The standard InChI is InChI=1S/C26H20Cl2N4O6S2/c1-30-25(35)32(19-10-17(27)9-18(28)11-19)24(34)26(30)14-31(13-20(26)16-5-3-15(12-29)4-6-16)40(36,37)21-7-8-39-22(21)23(33)38-2/h3-11,20H,13-14H2,1-2H3. The molecule has 0 N–H and O–H groups in total. The molecular formula is C26H20Cl2N4O6S2. The van der Waals surface area contributed by atoms with Gasteiger partial charge in [0.1, 0.15) is 15.3 Å². The molecule has 2 atom stereocenters. The predicted octanol–water partition coefficient (Wildman–Crippen LogP) is 4.34. The molecule has 0 radical (unpaired) electrons. The Morgan fingerprint density at radius 1 is 1.12 bits per heavy atom. The summed E-state index contributed by atoms with van der Waals surface area (Å²) in [4.78, 5) is 42.0. The maximum Gasteiger partial charge on any atom is 0.349 e. The summed E-state index contributed by atoms with van der Waals surface area (Å²) in [7, 11) is -1.73. The fourth-order valence-electron chi connectivity index (χ4n) is 5.23. The number of sulfonamides is 1. The monoisotopic (exact) mass is 618 g/mol. The van der Waals surface area contributed by atoms with Crippen molar-refractivity contribution in [3.8, 4) is 6.07 Å². The molecule has 3 amide bonds. The molecule has 2 fully saturated rings. The van der Waals surface area contributed by atoms with Crippen LogP contribution in [0.1, 0.15) is 26.7 Å². The molecule has 2 aliphatic heterocycles. The summed E-state index contributed by atoms with van der Waals surface area (Å²) in [6.45, 7) is -0.569. The van der Waals surface area contributed by atoms with Gasteiger partial charge in [-0.15, -0.1) is 11.3 Å². The number of nitriles is 1. The summed E-state index contributed by atoms with van der Waals surface area (Å²) in [6.07, 6.45) is 0. The molecule has 3 aromatic rings. The van der Waals surface area contributed by atoms with Crippen LogP contribution in [0.3, 0.4) is 0 Å². The van der Waals surface area contributed by atoms with E-state index in [2.05, 4.69) is 0 Å². The maximum absolute atomic E-state index is 14.3. The molecule has 2 unspecified atom stereocenters. The van der Waals surface area contributed by atoms with Crippen LogP contribution in [-0.2, 0) is 19.6 Å². The Labute approximate surface area is 243 Å². The quantitative estimate of drug-likeness (QED) is 0.307. The third kappa shape index (κ3) is 4.25. The summed E-state index contributed by atoms with van der Waals surface area (Å²) < 4.78 is 33.7. The fraction of sp³-hybridized carbons (Fsp3) is 0.231. The van der Waals surface area contributed by atoms with Crippen LogP contribution in [0, 0.1) is 11.3 Å². The van der Waals surface area contributed by atoms with Gasteiger partial charge in [-0.2, -0.15) is 9.57 Å². The maximum atomic E-state index is 14.3. The van der Waals surface area contributed by atoms with Crippen molar-refractivity contribution >= 4 is 68.2 Å². The van der Waals surface area contributed by atoms with E-state index in [1.54, 1.807) is 24.3 Å². The van der Waals surface area contributed by atoms with E-state index in [-0.39, 0.29) is 38.6 Å². The molecule has 206 valence electrons.